The number of carbonyl (C=O) groups excluding carboxylic acids is 3. The Labute approximate surface area is 164 Å². The minimum absolute atomic E-state index is 0.108. The lowest BCUT2D eigenvalue weighted by Crippen LogP contribution is -2.41. The Bertz CT molecular complexity index is 1110. The average molecular weight is 392 g/mol. The summed E-state index contributed by atoms with van der Waals surface area (Å²) in [6.45, 7) is -0.154. The van der Waals surface area contributed by atoms with Gasteiger partial charge in [-0.2, -0.15) is 5.10 Å². The summed E-state index contributed by atoms with van der Waals surface area (Å²) in [5, 5.41) is 6.81. The maximum atomic E-state index is 12.3. The fourth-order valence-corrected chi connectivity index (χ4v) is 3.05. The van der Waals surface area contributed by atoms with E-state index in [1.54, 1.807) is 42.5 Å². The fraction of sp³-hybridized carbons (Fsp3) is 0.150. The highest BCUT2D eigenvalue weighted by atomic mass is 16.3. The highest BCUT2D eigenvalue weighted by molar-refractivity contribution is 6.22. The summed E-state index contributed by atoms with van der Waals surface area (Å²) in [6, 6.07) is 12.8. The first kappa shape index (κ1) is 18.4. The Morgan fingerprint density at radius 2 is 1.69 bits per heavy atom. The van der Waals surface area contributed by atoms with Gasteiger partial charge in [-0.05, 0) is 30.3 Å². The summed E-state index contributed by atoms with van der Waals surface area (Å²) in [6.07, 6.45) is 1.51. The van der Waals surface area contributed by atoms with Gasteiger partial charge in [-0.25, -0.2) is 4.68 Å². The molecule has 0 atom stereocenters. The molecule has 0 unspecified atom stereocenters. The molecule has 0 aliphatic carbocycles. The summed E-state index contributed by atoms with van der Waals surface area (Å²) in [7, 11) is 0. The Balaban J connectivity index is 1.36. The molecule has 29 heavy (non-hydrogen) atoms. The lowest BCUT2D eigenvalue weighted by Gasteiger charge is -2.13. The quantitative estimate of drug-likeness (QED) is 0.624. The Morgan fingerprint density at radius 1 is 0.966 bits per heavy atom. The van der Waals surface area contributed by atoms with E-state index in [2.05, 4.69) is 10.4 Å². The fourth-order valence-electron chi connectivity index (χ4n) is 3.05. The van der Waals surface area contributed by atoms with Crippen LogP contribution in [0.15, 0.2) is 64.0 Å². The highest BCUT2D eigenvalue weighted by Crippen LogP contribution is 2.21. The molecule has 0 spiro atoms. The largest absolute Gasteiger partial charge is 0.463 e. The van der Waals surface area contributed by atoms with Crippen LogP contribution in [0.2, 0.25) is 0 Å². The van der Waals surface area contributed by atoms with E-state index in [0.717, 1.165) is 4.90 Å². The molecule has 3 amide bonds. The van der Waals surface area contributed by atoms with Gasteiger partial charge in [0.15, 0.2) is 5.76 Å². The van der Waals surface area contributed by atoms with Gasteiger partial charge in [0, 0.05) is 12.6 Å². The highest BCUT2D eigenvalue weighted by Gasteiger charge is 2.36. The second-order valence-electron chi connectivity index (χ2n) is 6.35. The molecule has 1 aromatic carbocycles. The van der Waals surface area contributed by atoms with Crippen LogP contribution in [0.1, 0.15) is 20.7 Å². The molecular formula is C20H16N4O5. The summed E-state index contributed by atoms with van der Waals surface area (Å²) in [4.78, 5) is 49.6. The lowest BCUT2D eigenvalue weighted by molar-refractivity contribution is -0.121. The van der Waals surface area contributed by atoms with Gasteiger partial charge >= 0.3 is 0 Å². The van der Waals surface area contributed by atoms with Crippen LogP contribution in [0.5, 0.6) is 0 Å². The number of fused-ring (bicyclic) bond motifs is 1. The van der Waals surface area contributed by atoms with Crippen LogP contribution in [0, 0.1) is 0 Å². The zero-order valence-electron chi connectivity index (χ0n) is 15.2. The van der Waals surface area contributed by atoms with Gasteiger partial charge in [-0.3, -0.25) is 24.1 Å². The van der Waals surface area contributed by atoms with Gasteiger partial charge in [-0.1, -0.05) is 12.1 Å². The zero-order valence-corrected chi connectivity index (χ0v) is 15.2. The van der Waals surface area contributed by atoms with Gasteiger partial charge in [0.25, 0.3) is 17.4 Å². The first-order valence-corrected chi connectivity index (χ1v) is 8.88. The molecular weight excluding hydrogens is 376 g/mol. The van der Waals surface area contributed by atoms with Gasteiger partial charge in [-0.15, -0.1) is 0 Å². The molecule has 3 heterocycles. The normalized spacial score (nSPS) is 12.9. The second-order valence-corrected chi connectivity index (χ2v) is 6.35. The standard InChI is InChI=1S/C20H16N4O5/c25-17(12-23-19(27)13-4-1-2-5-14(13)20(23)28)21-9-10-24-18(26)8-7-15(22-24)16-6-3-11-29-16/h1-8,11H,9-10,12H2,(H,21,25). The smallest absolute Gasteiger partial charge is 0.266 e. The molecule has 0 radical (unpaired) electrons. The first-order valence-electron chi connectivity index (χ1n) is 8.88. The summed E-state index contributed by atoms with van der Waals surface area (Å²) < 4.78 is 6.47. The summed E-state index contributed by atoms with van der Waals surface area (Å²) in [5.41, 5.74) is 0.744. The van der Waals surface area contributed by atoms with Crippen molar-refractivity contribution < 1.29 is 18.8 Å². The predicted octanol–water partition coefficient (Wildman–Crippen LogP) is 0.916. The molecule has 0 saturated heterocycles. The third kappa shape index (κ3) is 3.57. The minimum Gasteiger partial charge on any atom is -0.463 e. The third-order valence-corrected chi connectivity index (χ3v) is 4.47. The van der Waals surface area contributed by atoms with E-state index < -0.39 is 17.7 Å². The molecule has 0 fully saturated rings. The van der Waals surface area contributed by atoms with Crippen molar-refractivity contribution in [2.45, 2.75) is 6.54 Å². The molecule has 4 rings (SSSR count). The summed E-state index contributed by atoms with van der Waals surface area (Å²) in [5.74, 6) is -0.974. The monoisotopic (exact) mass is 392 g/mol. The van der Waals surface area contributed by atoms with Crippen LogP contribution in [0.3, 0.4) is 0 Å². The van der Waals surface area contributed by atoms with Gasteiger partial charge in [0.2, 0.25) is 5.91 Å². The van der Waals surface area contributed by atoms with Crippen molar-refractivity contribution in [1.29, 1.82) is 0 Å². The molecule has 146 valence electrons. The van der Waals surface area contributed by atoms with Crippen LogP contribution in [-0.2, 0) is 11.3 Å². The van der Waals surface area contributed by atoms with Crippen molar-refractivity contribution in [2.75, 3.05) is 13.1 Å². The van der Waals surface area contributed by atoms with Crippen molar-refractivity contribution in [2.24, 2.45) is 0 Å². The molecule has 9 heteroatoms. The number of aromatic nitrogens is 2. The summed E-state index contributed by atoms with van der Waals surface area (Å²) >= 11 is 0. The molecule has 1 aliphatic rings. The number of hydrogen-bond acceptors (Lipinski definition) is 6. The number of furan rings is 1. The number of carbonyl (C=O) groups is 3. The van der Waals surface area contributed by atoms with Crippen LogP contribution in [0.25, 0.3) is 11.5 Å². The number of amides is 3. The van der Waals surface area contributed by atoms with Crippen LogP contribution in [0.4, 0.5) is 0 Å². The van der Waals surface area contributed by atoms with Crippen molar-refractivity contribution in [1.82, 2.24) is 20.0 Å². The predicted molar refractivity (Wildman–Crippen MR) is 101 cm³/mol. The third-order valence-electron chi connectivity index (χ3n) is 4.47. The second kappa shape index (κ2) is 7.55. The van der Waals surface area contributed by atoms with E-state index in [1.807, 2.05) is 0 Å². The number of benzene rings is 1. The van der Waals surface area contributed by atoms with Gasteiger partial charge < -0.3 is 9.73 Å². The van der Waals surface area contributed by atoms with E-state index in [4.69, 9.17) is 4.42 Å². The Hall–Kier alpha value is -4.01. The van der Waals surface area contributed by atoms with Crippen molar-refractivity contribution in [3.63, 3.8) is 0 Å². The van der Waals surface area contributed by atoms with E-state index in [-0.39, 0.29) is 36.3 Å². The SMILES string of the molecule is O=C(CN1C(=O)c2ccccc2C1=O)NCCn1nc(-c2ccco2)ccc1=O. The number of imide groups is 1. The van der Waals surface area contributed by atoms with Crippen molar-refractivity contribution in [3.8, 4) is 11.5 Å². The van der Waals surface area contributed by atoms with Gasteiger partial charge in [0.05, 0.1) is 23.9 Å². The van der Waals surface area contributed by atoms with E-state index in [9.17, 15) is 19.2 Å². The van der Waals surface area contributed by atoms with Gasteiger partial charge in [0.1, 0.15) is 12.2 Å². The number of nitrogens with zero attached hydrogens (tertiary/aromatic N) is 3. The first-order chi connectivity index (χ1) is 14.0. The number of rotatable bonds is 6. The van der Waals surface area contributed by atoms with Crippen LogP contribution >= 0.6 is 0 Å². The Morgan fingerprint density at radius 3 is 2.34 bits per heavy atom. The number of hydrogen-bond donors (Lipinski definition) is 1. The molecule has 3 aromatic rings. The average Bonchev–Trinajstić information content (AvgIpc) is 3.34. The lowest BCUT2D eigenvalue weighted by atomic mass is 10.1. The molecule has 0 bridgehead atoms. The van der Waals surface area contributed by atoms with Crippen LogP contribution < -0.4 is 10.9 Å². The molecule has 1 N–H and O–H groups in total. The molecule has 2 aromatic heterocycles. The zero-order chi connectivity index (χ0) is 20.4. The van der Waals surface area contributed by atoms with Crippen molar-refractivity contribution in [3.05, 3.63) is 76.3 Å². The number of nitrogens with one attached hydrogen (secondary N) is 1. The van der Waals surface area contributed by atoms with E-state index >= 15 is 0 Å². The van der Waals surface area contributed by atoms with E-state index in [0.29, 0.717) is 11.5 Å². The van der Waals surface area contributed by atoms with E-state index in [1.165, 1.54) is 17.0 Å². The maximum Gasteiger partial charge on any atom is 0.266 e. The minimum atomic E-state index is -0.505. The van der Waals surface area contributed by atoms with Crippen LogP contribution in [-0.4, -0.2) is 45.5 Å². The maximum absolute atomic E-state index is 12.3. The van der Waals surface area contributed by atoms with Crippen molar-refractivity contribution >= 4 is 17.7 Å². The molecule has 1 aliphatic heterocycles. The molecule has 0 saturated carbocycles. The Kier molecular flexibility index (Phi) is 4.78. The topological polar surface area (TPSA) is 115 Å². The molecule has 9 nitrogen and oxygen atoms in total.